The Kier molecular flexibility index (Phi) is 13.7. The number of phenols is 4. The lowest BCUT2D eigenvalue weighted by molar-refractivity contribution is 0.334. The summed E-state index contributed by atoms with van der Waals surface area (Å²) in [6.45, 7) is 8.66. The molecule has 0 aliphatic carbocycles. The predicted octanol–water partition coefficient (Wildman–Crippen LogP) is 5.97. The molecule has 4 aromatic carbocycles. The quantitative estimate of drug-likeness (QED) is 0.0731. The van der Waals surface area contributed by atoms with Crippen LogP contribution in [0.25, 0.3) is 22.3 Å². The van der Waals surface area contributed by atoms with E-state index in [9.17, 15) is 20.4 Å². The van der Waals surface area contributed by atoms with E-state index in [-0.39, 0.29) is 49.2 Å². The van der Waals surface area contributed by atoms with Crippen molar-refractivity contribution in [3.63, 3.8) is 0 Å². The standard InChI is InChI=1S/C42H52N6O4/c1-27(31-13-5-9-17-39(31)49)35(23-43)47(36(24-44)28(2)32-14-6-10-18-40(32)50)21-22-48(37(25-45)29(3)33-15-7-11-19-41(33)51)38(26-46)30(4)34-16-8-12-20-42(34)52/h5-20,49-52H,21-26,43-46H2,1-4H3. The van der Waals surface area contributed by atoms with E-state index in [2.05, 4.69) is 0 Å². The van der Waals surface area contributed by atoms with E-state index in [1.807, 2.05) is 86.0 Å². The van der Waals surface area contributed by atoms with Crippen molar-refractivity contribution in [2.24, 2.45) is 22.9 Å². The lowest BCUT2D eigenvalue weighted by Gasteiger charge is -2.37. The summed E-state index contributed by atoms with van der Waals surface area (Å²) < 4.78 is 0. The Balaban J connectivity index is 2.01. The molecule has 0 spiro atoms. The van der Waals surface area contributed by atoms with Crippen molar-refractivity contribution in [3.8, 4) is 23.0 Å². The lowest BCUT2D eigenvalue weighted by atomic mass is 9.99. The second kappa shape index (κ2) is 18.1. The third-order valence-electron chi connectivity index (χ3n) is 9.59. The molecule has 0 aromatic heterocycles. The predicted molar refractivity (Wildman–Crippen MR) is 212 cm³/mol. The molecular formula is C42H52N6O4. The average Bonchev–Trinajstić information content (AvgIpc) is 3.14. The van der Waals surface area contributed by atoms with Gasteiger partial charge in [-0.15, -0.1) is 0 Å². The van der Waals surface area contributed by atoms with E-state index >= 15 is 0 Å². The van der Waals surface area contributed by atoms with Crippen molar-refractivity contribution < 1.29 is 20.4 Å². The smallest absolute Gasteiger partial charge is 0.123 e. The molecule has 12 N–H and O–H groups in total. The first-order valence-corrected chi connectivity index (χ1v) is 17.3. The second-order valence-corrected chi connectivity index (χ2v) is 12.5. The van der Waals surface area contributed by atoms with Crippen LogP contribution in [0.15, 0.2) is 120 Å². The minimum Gasteiger partial charge on any atom is -0.507 e. The van der Waals surface area contributed by atoms with Gasteiger partial charge in [-0.25, -0.2) is 0 Å². The molecule has 0 aliphatic rings. The minimum absolute atomic E-state index is 0.102. The molecule has 0 saturated heterocycles. The molecule has 274 valence electrons. The van der Waals surface area contributed by atoms with Gasteiger partial charge in [-0.05, 0) is 74.3 Å². The fourth-order valence-electron chi connectivity index (χ4n) is 6.71. The number of phenolic OH excluding ortho intramolecular Hbond substituents is 4. The molecule has 10 heteroatoms. The number of nitrogens with zero attached hydrogens (tertiary/aromatic N) is 2. The first-order valence-electron chi connectivity index (χ1n) is 17.3. The maximum absolute atomic E-state index is 10.9. The zero-order valence-corrected chi connectivity index (χ0v) is 30.5. The fourth-order valence-corrected chi connectivity index (χ4v) is 6.71. The number of rotatable bonds is 15. The Labute approximate surface area is 306 Å². The molecule has 10 nitrogen and oxygen atoms in total. The largest absolute Gasteiger partial charge is 0.507 e. The maximum Gasteiger partial charge on any atom is 0.123 e. The molecule has 0 amide bonds. The molecule has 0 heterocycles. The van der Waals surface area contributed by atoms with Gasteiger partial charge in [0.05, 0.1) is 0 Å². The van der Waals surface area contributed by atoms with Gasteiger partial charge in [0.25, 0.3) is 0 Å². The minimum atomic E-state index is 0.102. The topological polar surface area (TPSA) is 191 Å². The third kappa shape index (κ3) is 8.50. The van der Waals surface area contributed by atoms with Gasteiger partial charge in [0.1, 0.15) is 23.0 Å². The highest BCUT2D eigenvalue weighted by Gasteiger charge is 2.25. The van der Waals surface area contributed by atoms with Crippen molar-refractivity contribution in [1.82, 2.24) is 9.80 Å². The van der Waals surface area contributed by atoms with Crippen molar-refractivity contribution in [2.45, 2.75) is 27.7 Å². The van der Waals surface area contributed by atoms with E-state index in [1.165, 1.54) is 0 Å². The molecule has 0 fully saturated rings. The first kappa shape index (κ1) is 39.3. The van der Waals surface area contributed by atoms with Crippen LogP contribution in [0.5, 0.6) is 23.0 Å². The SMILES string of the molecule is CC(=C(CN)N(CCN(C(CN)=C(C)c1ccccc1O)C(CN)=C(C)c1ccccc1O)C(CN)=C(C)c1ccccc1O)c1ccccc1O. The number of para-hydroxylation sites is 4. The van der Waals surface area contributed by atoms with E-state index in [0.717, 1.165) is 22.3 Å². The maximum atomic E-state index is 10.9. The van der Waals surface area contributed by atoms with Crippen molar-refractivity contribution >= 4 is 22.3 Å². The summed E-state index contributed by atoms with van der Waals surface area (Å²) in [6.07, 6.45) is 0. The van der Waals surface area contributed by atoms with Gasteiger partial charge in [-0.2, -0.15) is 0 Å². The van der Waals surface area contributed by atoms with Crippen molar-refractivity contribution in [1.29, 1.82) is 0 Å². The fraction of sp³-hybridized carbons (Fsp3) is 0.238. The summed E-state index contributed by atoms with van der Waals surface area (Å²) in [5, 5.41) is 43.5. The summed E-state index contributed by atoms with van der Waals surface area (Å²) in [5.41, 5.74) is 34.6. The van der Waals surface area contributed by atoms with Gasteiger partial charge in [0, 0.05) is 84.3 Å². The zero-order valence-electron chi connectivity index (χ0n) is 30.5. The highest BCUT2D eigenvalue weighted by Crippen LogP contribution is 2.36. The van der Waals surface area contributed by atoms with E-state index in [0.29, 0.717) is 58.1 Å². The number of nitrogens with two attached hydrogens (primary N) is 4. The molecule has 0 unspecified atom stereocenters. The summed E-state index contributed by atoms with van der Waals surface area (Å²) in [6, 6.07) is 28.3. The Morgan fingerprint density at radius 3 is 0.750 bits per heavy atom. The molecule has 0 radical (unpaired) electrons. The van der Waals surface area contributed by atoms with Gasteiger partial charge in [0.15, 0.2) is 0 Å². The Morgan fingerprint density at radius 2 is 0.577 bits per heavy atom. The Bertz CT molecular complexity index is 1720. The second-order valence-electron chi connectivity index (χ2n) is 12.5. The van der Waals surface area contributed by atoms with Crippen LogP contribution < -0.4 is 22.9 Å². The van der Waals surface area contributed by atoms with Crippen LogP contribution in [-0.2, 0) is 0 Å². The molecule has 0 aliphatic heterocycles. The zero-order chi connectivity index (χ0) is 37.9. The number of allylic oxidation sites excluding steroid dienone is 4. The molecule has 52 heavy (non-hydrogen) atoms. The number of hydrogen-bond donors (Lipinski definition) is 8. The normalized spacial score (nSPS) is 13.5. The number of aromatic hydroxyl groups is 4. The van der Waals surface area contributed by atoms with Crippen LogP contribution in [-0.4, -0.2) is 69.5 Å². The Morgan fingerprint density at radius 1 is 0.385 bits per heavy atom. The van der Waals surface area contributed by atoms with Crippen LogP contribution >= 0.6 is 0 Å². The van der Waals surface area contributed by atoms with Gasteiger partial charge >= 0.3 is 0 Å². The van der Waals surface area contributed by atoms with Crippen molar-refractivity contribution in [3.05, 3.63) is 142 Å². The van der Waals surface area contributed by atoms with E-state index in [4.69, 9.17) is 22.9 Å². The van der Waals surface area contributed by atoms with Crippen LogP contribution in [0.3, 0.4) is 0 Å². The monoisotopic (exact) mass is 704 g/mol. The number of benzene rings is 4. The molecule has 4 rings (SSSR count). The summed E-state index contributed by atoms with van der Waals surface area (Å²) in [4.78, 5) is 4.09. The van der Waals surface area contributed by atoms with Crippen molar-refractivity contribution in [2.75, 3.05) is 39.3 Å². The summed E-state index contributed by atoms with van der Waals surface area (Å²) >= 11 is 0. The number of hydrogen-bond acceptors (Lipinski definition) is 10. The van der Waals surface area contributed by atoms with Gasteiger partial charge in [-0.1, -0.05) is 72.8 Å². The van der Waals surface area contributed by atoms with Crippen LogP contribution in [0.4, 0.5) is 0 Å². The first-order chi connectivity index (χ1) is 25.0. The highest BCUT2D eigenvalue weighted by molar-refractivity contribution is 5.76. The van der Waals surface area contributed by atoms with Gasteiger partial charge in [-0.3, -0.25) is 0 Å². The van der Waals surface area contributed by atoms with Crippen LogP contribution in [0, 0.1) is 0 Å². The summed E-state index contributed by atoms with van der Waals surface area (Å²) in [7, 11) is 0. The average molecular weight is 705 g/mol. The third-order valence-corrected chi connectivity index (χ3v) is 9.59. The van der Waals surface area contributed by atoms with Gasteiger partial charge < -0.3 is 53.2 Å². The summed E-state index contributed by atoms with van der Waals surface area (Å²) in [5.74, 6) is 0.450. The van der Waals surface area contributed by atoms with Crippen LogP contribution in [0.1, 0.15) is 49.9 Å². The molecule has 0 atom stereocenters. The molecule has 0 bridgehead atoms. The van der Waals surface area contributed by atoms with E-state index < -0.39 is 0 Å². The van der Waals surface area contributed by atoms with E-state index in [1.54, 1.807) is 48.5 Å². The Hall–Kier alpha value is -5.52. The lowest BCUT2D eigenvalue weighted by Crippen LogP contribution is -2.40. The molecule has 4 aromatic rings. The molecule has 0 saturated carbocycles. The van der Waals surface area contributed by atoms with Crippen LogP contribution in [0.2, 0.25) is 0 Å². The molecular weight excluding hydrogens is 653 g/mol. The van der Waals surface area contributed by atoms with Gasteiger partial charge in [0.2, 0.25) is 0 Å². The highest BCUT2D eigenvalue weighted by atomic mass is 16.3.